The van der Waals surface area contributed by atoms with Crippen molar-refractivity contribution in [3.8, 4) is 0 Å². The molecule has 140 valence electrons. The van der Waals surface area contributed by atoms with Crippen LogP contribution < -0.4 is 0 Å². The fourth-order valence-corrected chi connectivity index (χ4v) is 4.08. The van der Waals surface area contributed by atoms with E-state index in [1.807, 2.05) is 30.3 Å². The third-order valence-electron chi connectivity index (χ3n) is 4.05. The Hall–Kier alpha value is -2.97. The highest BCUT2D eigenvalue weighted by Crippen LogP contribution is 2.42. The minimum absolute atomic E-state index is 0.0453. The first-order valence-corrected chi connectivity index (χ1v) is 9.13. The third kappa shape index (κ3) is 3.91. The molecule has 0 N–H and O–H groups in total. The Labute approximate surface area is 158 Å². The minimum atomic E-state index is -0.854. The molecule has 2 atom stereocenters. The molecule has 2 heterocycles. The van der Waals surface area contributed by atoms with Gasteiger partial charge in [0.2, 0.25) is 5.91 Å². The quantitative estimate of drug-likeness (QED) is 0.242. The van der Waals surface area contributed by atoms with Crippen LogP contribution in [0.25, 0.3) is 10.4 Å². The number of fused-ring (bicyclic) bond motifs is 1. The molecular formula is C17H16N4O5S. The highest BCUT2D eigenvalue weighted by atomic mass is 32.2. The van der Waals surface area contributed by atoms with E-state index in [-0.39, 0.29) is 18.9 Å². The summed E-state index contributed by atoms with van der Waals surface area (Å²) in [5.41, 5.74) is 9.96. The predicted octanol–water partition coefficient (Wildman–Crippen LogP) is 2.14. The van der Waals surface area contributed by atoms with Crippen molar-refractivity contribution in [2.24, 2.45) is 5.11 Å². The Morgan fingerprint density at radius 3 is 2.70 bits per heavy atom. The number of thioether (sulfide) groups is 1. The summed E-state index contributed by atoms with van der Waals surface area (Å²) in [6.07, 6.45) is 0. The lowest BCUT2D eigenvalue weighted by Gasteiger charge is -2.48. The van der Waals surface area contributed by atoms with Crippen molar-refractivity contribution in [2.45, 2.75) is 24.9 Å². The number of β-lactam (4-membered cyclic amide) rings is 1. The predicted molar refractivity (Wildman–Crippen MR) is 95.9 cm³/mol. The number of hydrogen-bond acceptors (Lipinski definition) is 7. The van der Waals surface area contributed by atoms with Gasteiger partial charge in [-0.15, -0.1) is 11.8 Å². The summed E-state index contributed by atoms with van der Waals surface area (Å²) in [6, 6.07) is 8.27. The molecule has 10 heteroatoms. The molecule has 9 nitrogen and oxygen atoms in total. The summed E-state index contributed by atoms with van der Waals surface area (Å²) >= 11 is 1.34. The van der Waals surface area contributed by atoms with E-state index in [2.05, 4.69) is 10.0 Å². The van der Waals surface area contributed by atoms with E-state index in [1.165, 1.54) is 23.6 Å². The first-order chi connectivity index (χ1) is 13.0. The van der Waals surface area contributed by atoms with Gasteiger partial charge >= 0.3 is 11.9 Å². The highest BCUT2D eigenvalue weighted by molar-refractivity contribution is 8.00. The van der Waals surface area contributed by atoms with Crippen molar-refractivity contribution in [1.82, 2.24) is 4.90 Å². The Morgan fingerprint density at radius 2 is 2.04 bits per heavy atom. The summed E-state index contributed by atoms with van der Waals surface area (Å²) in [7, 11) is 0. The van der Waals surface area contributed by atoms with E-state index in [0.717, 1.165) is 5.56 Å². The molecule has 1 saturated heterocycles. The maximum absolute atomic E-state index is 12.7. The fraction of sp³-hybridized carbons (Fsp3) is 0.353. The topological polar surface area (TPSA) is 122 Å². The van der Waals surface area contributed by atoms with Gasteiger partial charge < -0.3 is 9.47 Å². The van der Waals surface area contributed by atoms with Crippen LogP contribution in [-0.4, -0.2) is 46.5 Å². The number of nitrogens with zero attached hydrogens (tertiary/aromatic N) is 4. The molecule has 1 fully saturated rings. The standard InChI is InChI=1S/C17H16N4O5S/c1-10(22)25-8-12-9-27-16-13(19-20-18)15(23)21(16)14(12)17(24)26-7-11-5-3-2-4-6-11/h2-6,13,16H,7-9H2,1H3/t13-,16-/m1/s1. The lowest BCUT2D eigenvalue weighted by molar-refractivity contribution is -0.151. The van der Waals surface area contributed by atoms with Gasteiger partial charge in [0.15, 0.2) is 0 Å². The van der Waals surface area contributed by atoms with Crippen LogP contribution >= 0.6 is 11.8 Å². The molecule has 2 aliphatic rings. The normalized spacial score (nSPS) is 20.9. The van der Waals surface area contributed by atoms with Crippen LogP contribution in [0.5, 0.6) is 0 Å². The molecule has 3 rings (SSSR count). The van der Waals surface area contributed by atoms with Crippen molar-refractivity contribution < 1.29 is 23.9 Å². The largest absolute Gasteiger partial charge is 0.461 e. The summed E-state index contributed by atoms with van der Waals surface area (Å²) in [4.78, 5) is 40.1. The van der Waals surface area contributed by atoms with Gasteiger partial charge in [-0.2, -0.15) is 0 Å². The average Bonchev–Trinajstić information content (AvgIpc) is 2.68. The van der Waals surface area contributed by atoms with Crippen LogP contribution in [0.2, 0.25) is 0 Å². The zero-order valence-corrected chi connectivity index (χ0v) is 15.2. The first kappa shape index (κ1) is 18.8. The number of carbonyl (C=O) groups excluding carboxylic acids is 3. The molecule has 0 unspecified atom stereocenters. The molecule has 0 radical (unpaired) electrons. The monoisotopic (exact) mass is 388 g/mol. The number of azide groups is 1. The zero-order chi connectivity index (χ0) is 19.4. The van der Waals surface area contributed by atoms with Crippen molar-refractivity contribution in [3.63, 3.8) is 0 Å². The zero-order valence-electron chi connectivity index (χ0n) is 14.4. The van der Waals surface area contributed by atoms with Crippen LogP contribution in [0.4, 0.5) is 0 Å². The second-order valence-electron chi connectivity index (χ2n) is 5.85. The number of ether oxygens (including phenoxy) is 2. The molecule has 1 aromatic carbocycles. The molecule has 1 aromatic rings. The number of amides is 1. The molecule has 0 aromatic heterocycles. The number of benzene rings is 1. The van der Waals surface area contributed by atoms with E-state index in [4.69, 9.17) is 15.0 Å². The maximum Gasteiger partial charge on any atom is 0.355 e. The molecule has 0 bridgehead atoms. The van der Waals surface area contributed by atoms with E-state index in [9.17, 15) is 14.4 Å². The van der Waals surface area contributed by atoms with Crippen molar-refractivity contribution >= 4 is 29.6 Å². The molecule has 0 saturated carbocycles. The van der Waals surface area contributed by atoms with Gasteiger partial charge in [-0.3, -0.25) is 14.5 Å². The molecular weight excluding hydrogens is 372 g/mol. The summed E-state index contributed by atoms with van der Waals surface area (Å²) in [6.45, 7) is 1.20. The van der Waals surface area contributed by atoms with Crippen LogP contribution in [0.1, 0.15) is 12.5 Å². The smallest absolute Gasteiger partial charge is 0.355 e. The molecule has 0 aliphatic carbocycles. The Kier molecular flexibility index (Phi) is 5.68. The second-order valence-corrected chi connectivity index (χ2v) is 6.96. The van der Waals surface area contributed by atoms with E-state index in [0.29, 0.717) is 11.3 Å². The number of esters is 2. The fourth-order valence-electron chi connectivity index (χ4n) is 2.77. The van der Waals surface area contributed by atoms with Gasteiger partial charge in [-0.25, -0.2) is 4.79 Å². The number of hydrogen-bond donors (Lipinski definition) is 0. The second kappa shape index (κ2) is 8.15. The Bertz CT molecular complexity index is 850. The third-order valence-corrected chi connectivity index (χ3v) is 5.38. The molecule has 2 aliphatic heterocycles. The van der Waals surface area contributed by atoms with Crippen LogP contribution in [0.3, 0.4) is 0 Å². The van der Waals surface area contributed by atoms with E-state index < -0.39 is 29.3 Å². The lowest BCUT2D eigenvalue weighted by Crippen LogP contribution is -2.64. The van der Waals surface area contributed by atoms with Gasteiger partial charge in [-0.05, 0) is 11.1 Å². The number of rotatable bonds is 6. The molecule has 1 amide bonds. The Morgan fingerprint density at radius 1 is 1.30 bits per heavy atom. The highest BCUT2D eigenvalue weighted by Gasteiger charge is 2.53. The van der Waals surface area contributed by atoms with Crippen molar-refractivity contribution in [3.05, 3.63) is 57.6 Å². The summed E-state index contributed by atoms with van der Waals surface area (Å²) in [5.74, 6) is -1.29. The van der Waals surface area contributed by atoms with E-state index >= 15 is 0 Å². The van der Waals surface area contributed by atoms with Crippen LogP contribution in [0.15, 0.2) is 46.7 Å². The van der Waals surface area contributed by atoms with Gasteiger partial charge in [0.1, 0.15) is 30.3 Å². The van der Waals surface area contributed by atoms with Gasteiger partial charge in [0.05, 0.1) is 0 Å². The van der Waals surface area contributed by atoms with E-state index in [1.54, 1.807) is 0 Å². The van der Waals surface area contributed by atoms with Gasteiger partial charge in [0, 0.05) is 23.2 Å². The lowest BCUT2D eigenvalue weighted by atomic mass is 10.0. The maximum atomic E-state index is 12.7. The van der Waals surface area contributed by atoms with Crippen molar-refractivity contribution in [2.75, 3.05) is 12.4 Å². The average molecular weight is 388 g/mol. The van der Waals surface area contributed by atoms with Crippen LogP contribution in [0, 0.1) is 0 Å². The van der Waals surface area contributed by atoms with Crippen LogP contribution in [-0.2, 0) is 30.5 Å². The molecule has 0 spiro atoms. The minimum Gasteiger partial charge on any atom is -0.461 e. The SMILES string of the molecule is CC(=O)OCC1=C(C(=O)OCc2ccccc2)N2C(=O)[C@@H](N=[N+]=[N-])[C@H]2SC1. The number of carbonyl (C=O) groups is 3. The molecule has 27 heavy (non-hydrogen) atoms. The van der Waals surface area contributed by atoms with Gasteiger partial charge in [-0.1, -0.05) is 35.4 Å². The Balaban J connectivity index is 1.82. The van der Waals surface area contributed by atoms with Crippen molar-refractivity contribution in [1.29, 1.82) is 0 Å². The first-order valence-electron chi connectivity index (χ1n) is 8.08. The van der Waals surface area contributed by atoms with Gasteiger partial charge in [0.25, 0.3) is 0 Å². The summed E-state index contributed by atoms with van der Waals surface area (Å²) in [5, 5.41) is 3.03. The summed E-state index contributed by atoms with van der Waals surface area (Å²) < 4.78 is 10.4.